The first-order valence-electron chi connectivity index (χ1n) is 10.8. The molecule has 5 rings (SSSR count). The van der Waals surface area contributed by atoms with Crippen LogP contribution in [0.3, 0.4) is 0 Å². The first-order chi connectivity index (χ1) is 16.1. The lowest BCUT2D eigenvalue weighted by Gasteiger charge is -2.19. The summed E-state index contributed by atoms with van der Waals surface area (Å²) in [7, 11) is -4.57. The summed E-state index contributed by atoms with van der Waals surface area (Å²) in [6, 6.07) is 5.93. The van der Waals surface area contributed by atoms with E-state index in [1.54, 1.807) is 12.1 Å². The van der Waals surface area contributed by atoms with Gasteiger partial charge in [0.15, 0.2) is 5.82 Å². The maximum absolute atomic E-state index is 14.6. The Morgan fingerprint density at radius 3 is 2.68 bits per heavy atom. The minimum atomic E-state index is -4.57. The fraction of sp³-hybridized carbons (Fsp3) is 0.348. The van der Waals surface area contributed by atoms with E-state index in [9.17, 15) is 22.0 Å². The van der Waals surface area contributed by atoms with Crippen LogP contribution in [0.25, 0.3) is 11.1 Å². The molecule has 1 aromatic carbocycles. The highest BCUT2D eigenvalue weighted by atomic mass is 32.2. The molecule has 8 nitrogen and oxygen atoms in total. The summed E-state index contributed by atoms with van der Waals surface area (Å²) in [5, 5.41) is 3.09. The number of aromatic nitrogens is 3. The first kappa shape index (κ1) is 22.5. The van der Waals surface area contributed by atoms with Gasteiger partial charge in [0.2, 0.25) is 16.8 Å². The van der Waals surface area contributed by atoms with E-state index in [-0.39, 0.29) is 24.8 Å². The molecule has 34 heavy (non-hydrogen) atoms. The molecular formula is C23H22F2N4O4S. The van der Waals surface area contributed by atoms with Crippen LogP contribution in [0.4, 0.5) is 8.78 Å². The average Bonchev–Trinajstić information content (AvgIpc) is 3.45. The van der Waals surface area contributed by atoms with E-state index >= 15 is 0 Å². The summed E-state index contributed by atoms with van der Waals surface area (Å²) in [5.41, 5.74) is 1.29. The van der Waals surface area contributed by atoms with E-state index in [4.69, 9.17) is 4.74 Å². The molecule has 1 aliphatic carbocycles. The summed E-state index contributed by atoms with van der Waals surface area (Å²) >= 11 is 0. The highest BCUT2D eigenvalue weighted by molar-refractivity contribution is 7.90. The molecule has 178 valence electrons. The number of amides is 1. The van der Waals surface area contributed by atoms with Crippen molar-refractivity contribution < 1.29 is 26.7 Å². The molecule has 1 saturated carbocycles. The van der Waals surface area contributed by atoms with Crippen LogP contribution in [-0.4, -0.2) is 35.7 Å². The van der Waals surface area contributed by atoms with Gasteiger partial charge in [-0.2, -0.15) is 13.5 Å². The average molecular weight is 489 g/mol. The zero-order valence-corrected chi connectivity index (χ0v) is 19.3. The maximum Gasteiger partial charge on any atom is 0.286 e. The molecule has 4 bridgehead atoms. The highest BCUT2D eigenvalue weighted by Crippen LogP contribution is 2.44. The SMILES string of the molecule is CC(C)c1cc(F)cc2c1CC(=O)NS(=O)(=O)c1nn(cc1F)C1(CC1)COc1cc-2ccn1. The molecular weight excluding hydrogens is 466 g/mol. The van der Waals surface area contributed by atoms with Gasteiger partial charge >= 0.3 is 0 Å². The number of ether oxygens (including phenoxy) is 1. The van der Waals surface area contributed by atoms with Crippen LogP contribution in [0.5, 0.6) is 5.88 Å². The van der Waals surface area contributed by atoms with Crippen LogP contribution in [-0.2, 0) is 26.8 Å². The van der Waals surface area contributed by atoms with Crippen LogP contribution in [0.15, 0.2) is 41.7 Å². The first-order valence-corrected chi connectivity index (χ1v) is 12.3. The lowest BCUT2D eigenvalue weighted by atomic mass is 9.88. The molecule has 0 saturated heterocycles. The molecule has 1 spiro atoms. The van der Waals surface area contributed by atoms with Crippen LogP contribution in [0, 0.1) is 11.6 Å². The number of benzene rings is 1. The van der Waals surface area contributed by atoms with Crippen molar-refractivity contribution in [2.24, 2.45) is 0 Å². The van der Waals surface area contributed by atoms with Gasteiger partial charge in [-0.1, -0.05) is 13.8 Å². The van der Waals surface area contributed by atoms with Crippen molar-refractivity contribution in [2.75, 3.05) is 6.61 Å². The Labute approximate surface area is 195 Å². The third-order valence-electron chi connectivity index (χ3n) is 6.20. The van der Waals surface area contributed by atoms with Gasteiger partial charge in [0.25, 0.3) is 10.0 Å². The highest BCUT2D eigenvalue weighted by Gasteiger charge is 2.48. The third-order valence-corrected chi connectivity index (χ3v) is 7.48. The number of sulfonamides is 1. The van der Waals surface area contributed by atoms with Crippen LogP contribution in [0.1, 0.15) is 43.7 Å². The number of hydrogen-bond acceptors (Lipinski definition) is 6. The van der Waals surface area contributed by atoms with Gasteiger partial charge in [0, 0.05) is 12.3 Å². The number of carbonyl (C=O) groups excluding carboxylic acids is 1. The summed E-state index contributed by atoms with van der Waals surface area (Å²) in [6.45, 7) is 3.78. The quantitative estimate of drug-likeness (QED) is 0.564. The number of carbonyl (C=O) groups is 1. The summed E-state index contributed by atoms with van der Waals surface area (Å²) in [4.78, 5) is 17.1. The summed E-state index contributed by atoms with van der Waals surface area (Å²) in [6.07, 6.45) is 3.35. The van der Waals surface area contributed by atoms with Crippen molar-refractivity contribution in [3.05, 3.63) is 59.4 Å². The molecule has 3 heterocycles. The van der Waals surface area contributed by atoms with E-state index < -0.39 is 38.1 Å². The normalized spacial score (nSPS) is 18.4. The Morgan fingerprint density at radius 2 is 1.97 bits per heavy atom. The summed E-state index contributed by atoms with van der Waals surface area (Å²) in [5.74, 6) is -2.33. The second-order valence-corrected chi connectivity index (χ2v) is 10.6. The molecule has 0 radical (unpaired) electrons. The lowest BCUT2D eigenvalue weighted by Crippen LogP contribution is -2.33. The number of nitrogens with zero attached hydrogens (tertiary/aromatic N) is 3. The van der Waals surface area contributed by atoms with E-state index in [1.165, 1.54) is 23.0 Å². The van der Waals surface area contributed by atoms with E-state index in [0.29, 0.717) is 35.1 Å². The molecule has 1 N–H and O–H groups in total. The molecule has 11 heteroatoms. The fourth-order valence-electron chi connectivity index (χ4n) is 4.23. The molecule has 1 aliphatic heterocycles. The van der Waals surface area contributed by atoms with Gasteiger partial charge in [-0.3, -0.25) is 9.48 Å². The zero-order chi connectivity index (χ0) is 24.3. The van der Waals surface area contributed by atoms with Gasteiger partial charge in [-0.15, -0.1) is 0 Å². The lowest BCUT2D eigenvalue weighted by molar-refractivity contribution is -0.118. The molecule has 0 unspecified atom stereocenters. The third kappa shape index (κ3) is 3.93. The Kier molecular flexibility index (Phi) is 5.19. The monoisotopic (exact) mass is 488 g/mol. The minimum absolute atomic E-state index is 0.0870. The largest absolute Gasteiger partial charge is 0.475 e. The summed E-state index contributed by atoms with van der Waals surface area (Å²) < 4.78 is 63.9. The van der Waals surface area contributed by atoms with Crippen molar-refractivity contribution in [3.8, 4) is 17.0 Å². The van der Waals surface area contributed by atoms with Crippen molar-refractivity contribution in [3.63, 3.8) is 0 Å². The second-order valence-electron chi connectivity index (χ2n) is 9.00. The van der Waals surface area contributed by atoms with Gasteiger partial charge in [-0.05, 0) is 59.2 Å². The number of hydrogen-bond donors (Lipinski definition) is 1. The van der Waals surface area contributed by atoms with Crippen LogP contribution in [0.2, 0.25) is 0 Å². The predicted octanol–water partition coefficient (Wildman–Crippen LogP) is 3.28. The van der Waals surface area contributed by atoms with E-state index in [2.05, 4.69) is 10.1 Å². The zero-order valence-electron chi connectivity index (χ0n) is 18.5. The van der Waals surface area contributed by atoms with E-state index in [1.807, 2.05) is 18.6 Å². The van der Waals surface area contributed by atoms with Gasteiger partial charge in [-0.25, -0.2) is 18.5 Å². The van der Waals surface area contributed by atoms with Crippen molar-refractivity contribution in [1.29, 1.82) is 0 Å². The standard InChI is InChI=1S/C23H22F2N4O4S/c1-13(2)16-8-15(24)9-17-14-3-6-26-21(7-14)33-12-23(4-5-23)29-11-19(25)22(27-29)34(31,32)28-20(30)10-18(16)17/h3,6-9,11,13H,4-5,10,12H2,1-2H3,(H,28,30). The van der Waals surface area contributed by atoms with Crippen LogP contribution < -0.4 is 9.46 Å². The molecule has 2 aromatic heterocycles. The molecule has 2 aliphatic rings. The molecule has 0 atom stereocenters. The second kappa shape index (κ2) is 7.86. The topological polar surface area (TPSA) is 103 Å². The van der Waals surface area contributed by atoms with Crippen molar-refractivity contribution in [2.45, 2.75) is 49.6 Å². The fourth-order valence-corrected chi connectivity index (χ4v) is 5.21. The van der Waals surface area contributed by atoms with Crippen LogP contribution >= 0.6 is 0 Å². The number of halogens is 2. The molecule has 1 fully saturated rings. The number of nitrogens with one attached hydrogen (secondary N) is 1. The van der Waals surface area contributed by atoms with Crippen molar-refractivity contribution in [1.82, 2.24) is 19.5 Å². The maximum atomic E-state index is 14.6. The Morgan fingerprint density at radius 1 is 1.21 bits per heavy atom. The number of pyridine rings is 1. The molecule has 3 aromatic rings. The smallest absolute Gasteiger partial charge is 0.286 e. The predicted molar refractivity (Wildman–Crippen MR) is 118 cm³/mol. The Bertz CT molecular complexity index is 1410. The van der Waals surface area contributed by atoms with Gasteiger partial charge < -0.3 is 4.74 Å². The van der Waals surface area contributed by atoms with Crippen molar-refractivity contribution >= 4 is 15.9 Å². The van der Waals surface area contributed by atoms with Gasteiger partial charge in [0.05, 0.1) is 18.2 Å². The van der Waals surface area contributed by atoms with E-state index in [0.717, 1.165) is 6.20 Å². The molecule has 1 amide bonds. The number of rotatable bonds is 1. The Hall–Kier alpha value is -3.34. The Balaban J connectivity index is 1.69. The number of fused-ring (bicyclic) bond motifs is 7. The van der Waals surface area contributed by atoms with Gasteiger partial charge in [0.1, 0.15) is 12.4 Å². The minimum Gasteiger partial charge on any atom is -0.475 e.